The second kappa shape index (κ2) is 11.6. The van der Waals surface area contributed by atoms with E-state index in [1.54, 1.807) is 42.7 Å². The summed E-state index contributed by atoms with van der Waals surface area (Å²) in [4.78, 5) is 27.9. The molecule has 210 valence electrons. The first kappa shape index (κ1) is 27.4. The molecule has 0 aliphatic carbocycles. The molecule has 2 aromatic heterocycles. The van der Waals surface area contributed by atoms with Gasteiger partial charge in [0.1, 0.15) is 5.76 Å². The second-order valence-corrected chi connectivity index (χ2v) is 11.6. The number of halogens is 2. The average Bonchev–Trinajstić information content (AvgIpc) is 3.48. The summed E-state index contributed by atoms with van der Waals surface area (Å²) in [6.07, 6.45) is 2.60. The van der Waals surface area contributed by atoms with Crippen LogP contribution in [0.3, 0.4) is 0 Å². The Labute approximate surface area is 252 Å². The van der Waals surface area contributed by atoms with Crippen molar-refractivity contribution in [3.8, 4) is 0 Å². The molecule has 8 nitrogen and oxygen atoms in total. The van der Waals surface area contributed by atoms with E-state index in [9.17, 15) is 9.59 Å². The predicted molar refractivity (Wildman–Crippen MR) is 166 cm³/mol. The van der Waals surface area contributed by atoms with Gasteiger partial charge in [-0.05, 0) is 79.2 Å². The number of pyridine rings is 1. The van der Waals surface area contributed by atoms with Crippen molar-refractivity contribution < 1.29 is 9.21 Å². The van der Waals surface area contributed by atoms with Gasteiger partial charge in [-0.25, -0.2) is 0 Å². The minimum Gasteiger partial charge on any atom is -0.467 e. The number of carbonyl (C=O) groups is 1. The Morgan fingerprint density at radius 1 is 0.976 bits per heavy atom. The van der Waals surface area contributed by atoms with E-state index >= 15 is 0 Å². The Kier molecular flexibility index (Phi) is 7.75. The summed E-state index contributed by atoms with van der Waals surface area (Å²) < 4.78 is 7.25. The lowest BCUT2D eigenvalue weighted by atomic mass is 9.83. The standard InChI is InChI=1S/C30H27Cl2N5O3S/c31-21-7-8-24(23(32)13-21)34-30(41)35-25-12-19(29(39)33-14-22-3-2-10-40-22)6-9-27(25)36-15-18-11-20(17-36)26-4-1-5-28(38)37(26)16-18/h1-10,12-13,18,20H,11,14-17H2,(H,33,39)(H2,34,35,41). The highest BCUT2D eigenvalue weighted by molar-refractivity contribution is 7.80. The lowest BCUT2D eigenvalue weighted by Crippen LogP contribution is -2.47. The van der Waals surface area contributed by atoms with Crippen molar-refractivity contribution in [1.82, 2.24) is 9.88 Å². The van der Waals surface area contributed by atoms with E-state index in [2.05, 4.69) is 20.9 Å². The van der Waals surface area contributed by atoms with Gasteiger partial charge in [0.05, 0.1) is 34.9 Å². The van der Waals surface area contributed by atoms with E-state index < -0.39 is 0 Å². The molecular formula is C30H27Cl2N5O3S. The van der Waals surface area contributed by atoms with Gasteiger partial charge in [0.15, 0.2) is 5.11 Å². The van der Waals surface area contributed by atoms with Crippen LogP contribution < -0.4 is 26.4 Å². The summed E-state index contributed by atoms with van der Waals surface area (Å²) in [6, 6.07) is 19.8. The van der Waals surface area contributed by atoms with Crippen molar-refractivity contribution in [3.05, 3.63) is 110 Å². The van der Waals surface area contributed by atoms with Crippen LogP contribution in [0.4, 0.5) is 17.1 Å². The van der Waals surface area contributed by atoms with Crippen LogP contribution in [-0.4, -0.2) is 28.7 Å². The zero-order chi connectivity index (χ0) is 28.5. The van der Waals surface area contributed by atoms with E-state index in [0.717, 1.165) is 30.9 Å². The van der Waals surface area contributed by atoms with E-state index in [0.29, 0.717) is 50.3 Å². The topological polar surface area (TPSA) is 91.5 Å². The highest BCUT2D eigenvalue weighted by Crippen LogP contribution is 2.39. The minimum atomic E-state index is -0.237. The van der Waals surface area contributed by atoms with E-state index in [1.807, 2.05) is 34.9 Å². The van der Waals surface area contributed by atoms with Crippen molar-refractivity contribution in [2.24, 2.45) is 5.92 Å². The number of piperidine rings is 1. The Hall–Kier alpha value is -3.79. The smallest absolute Gasteiger partial charge is 0.251 e. The van der Waals surface area contributed by atoms with Gasteiger partial charge >= 0.3 is 0 Å². The molecule has 0 spiro atoms. The molecule has 2 bridgehead atoms. The maximum absolute atomic E-state index is 13.1. The number of thiocarbonyl (C=S) groups is 1. The first-order valence-corrected chi connectivity index (χ1v) is 14.4. The van der Waals surface area contributed by atoms with Crippen LogP contribution in [0.25, 0.3) is 0 Å². The second-order valence-electron chi connectivity index (χ2n) is 10.3. The van der Waals surface area contributed by atoms with Crippen molar-refractivity contribution in [1.29, 1.82) is 0 Å². The van der Waals surface area contributed by atoms with Gasteiger partial charge in [-0.15, -0.1) is 0 Å². The molecule has 0 radical (unpaired) electrons. The maximum Gasteiger partial charge on any atom is 0.251 e. The molecule has 0 saturated carbocycles. The van der Waals surface area contributed by atoms with Crippen molar-refractivity contribution in [3.63, 3.8) is 0 Å². The third-order valence-corrected chi connectivity index (χ3v) is 8.26. The van der Waals surface area contributed by atoms with Gasteiger partial charge in [-0.2, -0.15) is 0 Å². The Balaban J connectivity index is 1.28. The van der Waals surface area contributed by atoms with Crippen molar-refractivity contribution >= 4 is 63.5 Å². The van der Waals surface area contributed by atoms with Gasteiger partial charge < -0.3 is 29.8 Å². The van der Waals surface area contributed by atoms with Crippen molar-refractivity contribution in [2.75, 3.05) is 28.6 Å². The Bertz CT molecular complexity index is 1670. The Morgan fingerprint density at radius 3 is 2.63 bits per heavy atom. The number of nitrogens with zero attached hydrogens (tertiary/aromatic N) is 2. The zero-order valence-corrected chi connectivity index (χ0v) is 24.2. The molecule has 2 unspecified atom stereocenters. The first-order chi connectivity index (χ1) is 19.8. The normalized spacial score (nSPS) is 17.5. The molecule has 11 heteroatoms. The van der Waals surface area contributed by atoms with Crippen LogP contribution in [0.5, 0.6) is 0 Å². The molecule has 3 N–H and O–H groups in total. The lowest BCUT2D eigenvalue weighted by Gasteiger charge is -2.44. The van der Waals surface area contributed by atoms with Crippen LogP contribution in [0.1, 0.15) is 34.2 Å². The molecular weight excluding hydrogens is 581 g/mol. The van der Waals surface area contributed by atoms with Crippen LogP contribution >= 0.6 is 35.4 Å². The highest BCUT2D eigenvalue weighted by atomic mass is 35.5. The van der Waals surface area contributed by atoms with Crippen LogP contribution in [0.2, 0.25) is 10.0 Å². The molecule has 2 aromatic carbocycles. The summed E-state index contributed by atoms with van der Waals surface area (Å²) in [6.45, 7) is 2.48. The van der Waals surface area contributed by atoms with Crippen LogP contribution in [-0.2, 0) is 13.1 Å². The summed E-state index contributed by atoms with van der Waals surface area (Å²) in [5.41, 5.74) is 3.80. The first-order valence-electron chi connectivity index (χ1n) is 13.3. The number of carbonyl (C=O) groups excluding carboxylic acids is 1. The number of benzene rings is 2. The molecule has 2 atom stereocenters. The fourth-order valence-electron chi connectivity index (χ4n) is 5.70. The quantitative estimate of drug-likeness (QED) is 0.228. The van der Waals surface area contributed by atoms with E-state index in [4.69, 9.17) is 39.8 Å². The number of aromatic nitrogens is 1. The molecule has 1 amide bonds. The summed E-state index contributed by atoms with van der Waals surface area (Å²) in [5, 5.41) is 10.6. The van der Waals surface area contributed by atoms with E-state index in [-0.39, 0.29) is 23.9 Å². The third-order valence-electron chi connectivity index (χ3n) is 7.51. The molecule has 4 heterocycles. The fourth-order valence-corrected chi connectivity index (χ4v) is 6.37. The monoisotopic (exact) mass is 607 g/mol. The number of rotatable bonds is 6. The molecule has 4 aromatic rings. The Morgan fingerprint density at radius 2 is 1.83 bits per heavy atom. The molecule has 2 aliphatic heterocycles. The SMILES string of the molecule is O=C(NCc1ccco1)c1ccc(N2CC3CC(C2)c2cccc(=O)n2C3)c(NC(=S)Nc2ccc(Cl)cc2Cl)c1. The predicted octanol–water partition coefficient (Wildman–Crippen LogP) is 6.11. The number of amides is 1. The van der Waals surface area contributed by atoms with Crippen LogP contribution in [0, 0.1) is 5.92 Å². The van der Waals surface area contributed by atoms with Gasteiger partial charge in [0, 0.05) is 47.9 Å². The number of furan rings is 1. The molecule has 2 aliphatic rings. The summed E-state index contributed by atoms with van der Waals surface area (Å²) in [7, 11) is 0. The fraction of sp³-hybridized carbons (Fsp3) is 0.233. The number of anilines is 3. The molecule has 41 heavy (non-hydrogen) atoms. The van der Waals surface area contributed by atoms with Crippen LogP contribution in [0.15, 0.2) is 82.2 Å². The van der Waals surface area contributed by atoms with Gasteiger partial charge in [-0.3, -0.25) is 9.59 Å². The van der Waals surface area contributed by atoms with Gasteiger partial charge in [0.2, 0.25) is 0 Å². The minimum absolute atomic E-state index is 0.0511. The average molecular weight is 609 g/mol. The largest absolute Gasteiger partial charge is 0.467 e. The summed E-state index contributed by atoms with van der Waals surface area (Å²) >= 11 is 18.0. The summed E-state index contributed by atoms with van der Waals surface area (Å²) in [5.74, 6) is 0.971. The number of nitrogens with one attached hydrogen (secondary N) is 3. The third kappa shape index (κ3) is 5.98. The number of hydrogen-bond acceptors (Lipinski definition) is 5. The number of hydrogen-bond donors (Lipinski definition) is 3. The van der Waals surface area contributed by atoms with Gasteiger partial charge in [-0.1, -0.05) is 29.3 Å². The lowest BCUT2D eigenvalue weighted by molar-refractivity contribution is 0.0948. The van der Waals surface area contributed by atoms with Crippen molar-refractivity contribution in [2.45, 2.75) is 25.4 Å². The highest BCUT2D eigenvalue weighted by Gasteiger charge is 2.35. The zero-order valence-electron chi connectivity index (χ0n) is 21.9. The number of fused-ring (bicyclic) bond motifs is 4. The van der Waals surface area contributed by atoms with E-state index in [1.165, 1.54) is 0 Å². The van der Waals surface area contributed by atoms with Gasteiger partial charge in [0.25, 0.3) is 11.5 Å². The maximum atomic E-state index is 13.1. The molecule has 1 fully saturated rings. The molecule has 6 rings (SSSR count). The molecule has 1 saturated heterocycles.